The van der Waals surface area contributed by atoms with E-state index in [4.69, 9.17) is 23.2 Å². The summed E-state index contributed by atoms with van der Waals surface area (Å²) in [6.07, 6.45) is 0. The lowest BCUT2D eigenvalue weighted by Gasteiger charge is -2.16. The summed E-state index contributed by atoms with van der Waals surface area (Å²) >= 11 is 11.5. The van der Waals surface area contributed by atoms with Crippen LogP contribution in [0.4, 0.5) is 15.8 Å². The van der Waals surface area contributed by atoms with Crippen molar-refractivity contribution in [1.82, 2.24) is 0 Å². The van der Waals surface area contributed by atoms with Gasteiger partial charge in [0.15, 0.2) is 0 Å². The first-order valence-electron chi connectivity index (χ1n) is 6.04. The van der Waals surface area contributed by atoms with Crippen molar-refractivity contribution in [2.75, 3.05) is 5.32 Å². The van der Waals surface area contributed by atoms with Gasteiger partial charge in [0, 0.05) is 23.2 Å². The second-order valence-electron chi connectivity index (χ2n) is 4.46. The Hall–Kier alpha value is -1.85. The Kier molecular flexibility index (Phi) is 4.65. The maximum Gasteiger partial charge on any atom is 0.294 e. The van der Waals surface area contributed by atoms with E-state index in [1.54, 1.807) is 25.1 Å². The molecule has 0 saturated carbocycles. The fraction of sp³-hybridized carbons (Fsp3) is 0.143. The molecular formula is C14H11Cl2FN2O2. The van der Waals surface area contributed by atoms with Gasteiger partial charge in [0.05, 0.1) is 9.95 Å². The minimum atomic E-state index is -0.719. The molecule has 1 unspecified atom stereocenters. The summed E-state index contributed by atoms with van der Waals surface area (Å²) in [5, 5.41) is 14.2. The van der Waals surface area contributed by atoms with Crippen LogP contribution in [-0.4, -0.2) is 4.92 Å². The maximum atomic E-state index is 13.5. The molecule has 2 aromatic rings. The molecule has 0 heterocycles. The molecule has 0 saturated heterocycles. The summed E-state index contributed by atoms with van der Waals surface area (Å²) in [5.74, 6) is -0.719. The molecule has 4 nitrogen and oxygen atoms in total. The molecule has 1 N–H and O–H groups in total. The summed E-state index contributed by atoms with van der Waals surface area (Å²) in [7, 11) is 0. The van der Waals surface area contributed by atoms with Crippen molar-refractivity contribution in [2.24, 2.45) is 0 Å². The zero-order chi connectivity index (χ0) is 15.6. The number of benzene rings is 2. The number of nitro groups is 1. The van der Waals surface area contributed by atoms with E-state index in [1.165, 1.54) is 0 Å². The zero-order valence-corrected chi connectivity index (χ0v) is 12.5. The fourth-order valence-corrected chi connectivity index (χ4v) is 2.25. The Morgan fingerprint density at radius 2 is 2.00 bits per heavy atom. The molecule has 0 bridgehead atoms. The van der Waals surface area contributed by atoms with Gasteiger partial charge in [-0.25, -0.2) is 4.39 Å². The lowest BCUT2D eigenvalue weighted by molar-refractivity contribution is -0.384. The topological polar surface area (TPSA) is 55.2 Å². The average Bonchev–Trinajstić information content (AvgIpc) is 2.42. The molecule has 0 spiro atoms. The normalized spacial score (nSPS) is 12.0. The molecule has 21 heavy (non-hydrogen) atoms. The van der Waals surface area contributed by atoms with Crippen LogP contribution < -0.4 is 5.32 Å². The van der Waals surface area contributed by atoms with Crippen LogP contribution in [-0.2, 0) is 0 Å². The van der Waals surface area contributed by atoms with Crippen molar-refractivity contribution < 1.29 is 9.31 Å². The minimum absolute atomic E-state index is 0.0642. The highest BCUT2D eigenvalue weighted by atomic mass is 35.5. The van der Waals surface area contributed by atoms with Crippen molar-refractivity contribution in [3.05, 3.63) is 67.9 Å². The van der Waals surface area contributed by atoms with Crippen LogP contribution in [0.3, 0.4) is 0 Å². The summed E-state index contributed by atoms with van der Waals surface area (Å²) in [4.78, 5) is 10.4. The quantitative estimate of drug-likeness (QED) is 0.618. The highest BCUT2D eigenvalue weighted by molar-refractivity contribution is 6.31. The number of halogens is 3. The van der Waals surface area contributed by atoms with E-state index in [9.17, 15) is 14.5 Å². The largest absolute Gasteiger partial charge is 0.373 e. The number of nitrogens with one attached hydrogen (secondary N) is 1. The number of rotatable bonds is 4. The first kappa shape index (κ1) is 15.5. The van der Waals surface area contributed by atoms with Gasteiger partial charge in [-0.3, -0.25) is 10.1 Å². The van der Waals surface area contributed by atoms with Gasteiger partial charge in [-0.15, -0.1) is 0 Å². The van der Waals surface area contributed by atoms with E-state index in [-0.39, 0.29) is 22.4 Å². The SMILES string of the molecule is CC(Nc1cc(F)c(Cl)cc1[N+](=O)[O-])c1cccc(Cl)c1. The molecule has 110 valence electrons. The molecule has 0 aliphatic heterocycles. The molecule has 0 fully saturated rings. The fourth-order valence-electron chi connectivity index (χ4n) is 1.90. The van der Waals surface area contributed by atoms with Gasteiger partial charge in [-0.05, 0) is 24.6 Å². The molecule has 0 aromatic heterocycles. The van der Waals surface area contributed by atoms with Gasteiger partial charge in [0.2, 0.25) is 0 Å². The summed E-state index contributed by atoms with van der Waals surface area (Å²) < 4.78 is 13.5. The average molecular weight is 329 g/mol. The smallest absolute Gasteiger partial charge is 0.294 e. The van der Waals surface area contributed by atoms with Gasteiger partial charge in [0.25, 0.3) is 5.69 Å². The predicted molar refractivity (Wildman–Crippen MR) is 81.6 cm³/mol. The van der Waals surface area contributed by atoms with Crippen molar-refractivity contribution >= 4 is 34.6 Å². The molecule has 0 aliphatic rings. The summed E-state index contributed by atoms with van der Waals surface area (Å²) in [6, 6.07) is 8.77. The Labute approximate surface area is 130 Å². The van der Waals surface area contributed by atoms with E-state index in [0.29, 0.717) is 5.02 Å². The molecule has 1 atom stereocenters. The van der Waals surface area contributed by atoms with Crippen LogP contribution in [0, 0.1) is 15.9 Å². The molecule has 0 amide bonds. The molecular weight excluding hydrogens is 318 g/mol. The Morgan fingerprint density at radius 1 is 1.29 bits per heavy atom. The van der Waals surface area contributed by atoms with Gasteiger partial charge in [-0.1, -0.05) is 35.3 Å². The zero-order valence-electron chi connectivity index (χ0n) is 10.9. The summed E-state index contributed by atoms with van der Waals surface area (Å²) in [5.41, 5.74) is 0.608. The van der Waals surface area contributed by atoms with Gasteiger partial charge in [-0.2, -0.15) is 0 Å². The molecule has 2 rings (SSSR count). The second kappa shape index (κ2) is 6.28. The third-order valence-electron chi connectivity index (χ3n) is 2.96. The number of hydrogen-bond acceptors (Lipinski definition) is 3. The Bertz CT molecular complexity index is 695. The van der Waals surface area contributed by atoms with Crippen LogP contribution in [0.1, 0.15) is 18.5 Å². The van der Waals surface area contributed by atoms with E-state index in [2.05, 4.69) is 5.32 Å². The maximum absolute atomic E-state index is 13.5. The number of nitrogens with zero attached hydrogens (tertiary/aromatic N) is 1. The monoisotopic (exact) mass is 328 g/mol. The first-order valence-corrected chi connectivity index (χ1v) is 6.79. The predicted octanol–water partition coefficient (Wildman–Crippen LogP) is 5.21. The second-order valence-corrected chi connectivity index (χ2v) is 5.31. The van der Waals surface area contributed by atoms with E-state index < -0.39 is 10.7 Å². The van der Waals surface area contributed by atoms with Gasteiger partial charge in [0.1, 0.15) is 11.5 Å². The van der Waals surface area contributed by atoms with Crippen molar-refractivity contribution in [1.29, 1.82) is 0 Å². The molecule has 7 heteroatoms. The van der Waals surface area contributed by atoms with Crippen molar-refractivity contribution in [3.8, 4) is 0 Å². The number of nitro benzene ring substituents is 1. The number of anilines is 1. The van der Waals surface area contributed by atoms with Crippen molar-refractivity contribution in [2.45, 2.75) is 13.0 Å². The third kappa shape index (κ3) is 3.62. The highest BCUT2D eigenvalue weighted by Crippen LogP contribution is 2.33. The van der Waals surface area contributed by atoms with Crippen LogP contribution in [0.25, 0.3) is 0 Å². The lowest BCUT2D eigenvalue weighted by Crippen LogP contribution is -2.09. The van der Waals surface area contributed by atoms with Crippen LogP contribution in [0.15, 0.2) is 36.4 Å². The Balaban J connectivity index is 2.34. The molecule has 0 aliphatic carbocycles. The van der Waals surface area contributed by atoms with E-state index in [1.807, 2.05) is 6.07 Å². The van der Waals surface area contributed by atoms with Crippen LogP contribution in [0.5, 0.6) is 0 Å². The molecule has 0 radical (unpaired) electrons. The lowest BCUT2D eigenvalue weighted by atomic mass is 10.1. The van der Waals surface area contributed by atoms with Crippen LogP contribution in [0.2, 0.25) is 10.0 Å². The molecule has 2 aromatic carbocycles. The van der Waals surface area contributed by atoms with Crippen LogP contribution >= 0.6 is 23.2 Å². The minimum Gasteiger partial charge on any atom is -0.373 e. The Morgan fingerprint density at radius 3 is 2.62 bits per heavy atom. The van der Waals surface area contributed by atoms with E-state index in [0.717, 1.165) is 17.7 Å². The van der Waals surface area contributed by atoms with Gasteiger partial charge < -0.3 is 5.32 Å². The number of hydrogen-bond donors (Lipinski definition) is 1. The third-order valence-corrected chi connectivity index (χ3v) is 3.48. The standard InChI is InChI=1S/C14H11Cl2FN2O2/c1-8(9-3-2-4-10(15)5-9)18-13-7-12(17)11(16)6-14(13)19(20)21/h2-8,18H,1H3. The van der Waals surface area contributed by atoms with E-state index >= 15 is 0 Å². The first-order chi connectivity index (χ1) is 9.88. The summed E-state index contributed by atoms with van der Waals surface area (Å²) in [6.45, 7) is 1.79. The van der Waals surface area contributed by atoms with Gasteiger partial charge >= 0.3 is 0 Å². The highest BCUT2D eigenvalue weighted by Gasteiger charge is 2.19. The van der Waals surface area contributed by atoms with Crippen molar-refractivity contribution in [3.63, 3.8) is 0 Å².